The summed E-state index contributed by atoms with van der Waals surface area (Å²) >= 11 is 0. The Hall–Kier alpha value is -0.120. The van der Waals surface area contributed by atoms with Crippen molar-refractivity contribution in [2.24, 2.45) is 5.92 Å². The van der Waals surface area contributed by atoms with Gasteiger partial charge in [0, 0.05) is 25.6 Å². The molecule has 0 bridgehead atoms. The van der Waals surface area contributed by atoms with Crippen LogP contribution in [-0.4, -0.2) is 38.5 Å². The van der Waals surface area contributed by atoms with Crippen molar-refractivity contribution in [1.29, 1.82) is 0 Å². The van der Waals surface area contributed by atoms with E-state index in [9.17, 15) is 0 Å². The number of hydrogen-bond donors (Lipinski definition) is 1. The van der Waals surface area contributed by atoms with Gasteiger partial charge in [0.25, 0.3) is 0 Å². The third-order valence-electron chi connectivity index (χ3n) is 3.26. The Kier molecular flexibility index (Phi) is 3.79. The first kappa shape index (κ1) is 10.4. The van der Waals surface area contributed by atoms with Crippen molar-refractivity contribution in [3.05, 3.63) is 0 Å². The van der Waals surface area contributed by atoms with Crippen LogP contribution < -0.4 is 5.32 Å². The Morgan fingerprint density at radius 2 is 2.29 bits per heavy atom. The quantitative estimate of drug-likeness (QED) is 0.724. The van der Waals surface area contributed by atoms with E-state index in [-0.39, 0.29) is 0 Å². The van der Waals surface area contributed by atoms with Crippen LogP contribution in [0.2, 0.25) is 0 Å². The van der Waals surface area contributed by atoms with E-state index in [1.54, 1.807) is 0 Å². The van der Waals surface area contributed by atoms with Crippen LogP contribution in [0.4, 0.5) is 0 Å². The predicted molar refractivity (Wildman–Crippen MR) is 55.4 cm³/mol. The fourth-order valence-electron chi connectivity index (χ4n) is 2.31. The van der Waals surface area contributed by atoms with Gasteiger partial charge >= 0.3 is 0 Å². The van der Waals surface area contributed by atoms with Gasteiger partial charge in [-0.1, -0.05) is 6.92 Å². The number of hydrogen-bond acceptors (Lipinski definition) is 3. The molecular weight excluding hydrogens is 178 g/mol. The molecule has 3 nitrogen and oxygen atoms in total. The highest BCUT2D eigenvalue weighted by Crippen LogP contribution is 2.22. The molecule has 0 aliphatic carbocycles. The molecule has 0 aromatic rings. The summed E-state index contributed by atoms with van der Waals surface area (Å²) in [6.45, 7) is 6.04. The fourth-order valence-corrected chi connectivity index (χ4v) is 2.31. The maximum Gasteiger partial charge on any atom is 0.0753 e. The van der Waals surface area contributed by atoms with Crippen LogP contribution in [0, 0.1) is 5.92 Å². The third-order valence-corrected chi connectivity index (χ3v) is 3.26. The molecule has 0 radical (unpaired) electrons. The van der Waals surface area contributed by atoms with Crippen molar-refractivity contribution in [2.45, 2.75) is 38.4 Å². The summed E-state index contributed by atoms with van der Waals surface area (Å²) in [6.07, 6.45) is 4.37. The molecular formula is C11H21NO2. The van der Waals surface area contributed by atoms with Crippen LogP contribution in [0.5, 0.6) is 0 Å². The molecule has 0 aromatic carbocycles. The summed E-state index contributed by atoms with van der Waals surface area (Å²) in [6, 6.07) is 0. The minimum Gasteiger partial charge on any atom is -0.381 e. The van der Waals surface area contributed by atoms with Gasteiger partial charge in [-0.3, -0.25) is 0 Å². The summed E-state index contributed by atoms with van der Waals surface area (Å²) < 4.78 is 11.5. The van der Waals surface area contributed by atoms with Gasteiger partial charge in [-0.2, -0.15) is 0 Å². The first-order valence-electron chi connectivity index (χ1n) is 5.84. The molecule has 1 N–H and O–H groups in total. The van der Waals surface area contributed by atoms with Crippen LogP contribution in [0.3, 0.4) is 0 Å². The summed E-state index contributed by atoms with van der Waals surface area (Å²) in [5.41, 5.74) is 0. The van der Waals surface area contributed by atoms with Crippen molar-refractivity contribution in [3.8, 4) is 0 Å². The lowest BCUT2D eigenvalue weighted by molar-refractivity contribution is -0.0963. The first-order valence-corrected chi connectivity index (χ1v) is 5.84. The molecule has 2 rings (SSSR count). The lowest BCUT2D eigenvalue weighted by Crippen LogP contribution is -2.49. The van der Waals surface area contributed by atoms with Crippen LogP contribution in [0.25, 0.3) is 0 Å². The number of ether oxygens (including phenoxy) is 2. The monoisotopic (exact) mass is 199 g/mol. The molecule has 2 saturated heterocycles. The molecule has 2 aliphatic heterocycles. The normalized spacial score (nSPS) is 39.6. The highest BCUT2D eigenvalue weighted by Gasteiger charge is 2.29. The molecule has 2 heterocycles. The minimum absolute atomic E-state index is 0.383. The minimum atomic E-state index is 0.383. The molecule has 82 valence electrons. The highest BCUT2D eigenvalue weighted by molar-refractivity contribution is 4.80. The van der Waals surface area contributed by atoms with E-state index in [0.29, 0.717) is 18.1 Å². The van der Waals surface area contributed by atoms with Crippen molar-refractivity contribution >= 4 is 0 Å². The summed E-state index contributed by atoms with van der Waals surface area (Å²) in [4.78, 5) is 0. The maximum absolute atomic E-state index is 6.03. The van der Waals surface area contributed by atoms with E-state index in [0.717, 1.165) is 32.7 Å². The van der Waals surface area contributed by atoms with Crippen LogP contribution in [-0.2, 0) is 9.47 Å². The van der Waals surface area contributed by atoms with E-state index in [4.69, 9.17) is 9.47 Å². The average Bonchev–Trinajstić information content (AvgIpc) is 2.30. The molecule has 14 heavy (non-hydrogen) atoms. The standard InChI is InChI=1S/C11H21NO2/c1-2-10-6-12-7-11(14-10)9-4-3-5-13-8-9/h9-12H,2-8H2,1H3. The van der Waals surface area contributed by atoms with Gasteiger partial charge in [0.15, 0.2) is 0 Å². The number of morpholine rings is 1. The second kappa shape index (κ2) is 5.10. The van der Waals surface area contributed by atoms with Crippen LogP contribution >= 0.6 is 0 Å². The van der Waals surface area contributed by atoms with Crippen LogP contribution in [0.15, 0.2) is 0 Å². The zero-order valence-electron chi connectivity index (χ0n) is 9.00. The van der Waals surface area contributed by atoms with Gasteiger partial charge in [-0.05, 0) is 19.3 Å². The SMILES string of the molecule is CCC1CNCC(C2CCCOC2)O1. The van der Waals surface area contributed by atoms with E-state index >= 15 is 0 Å². The largest absolute Gasteiger partial charge is 0.381 e. The molecule has 2 aliphatic rings. The molecule has 2 fully saturated rings. The molecule has 0 spiro atoms. The molecule has 3 unspecified atom stereocenters. The Morgan fingerprint density at radius 1 is 1.36 bits per heavy atom. The van der Waals surface area contributed by atoms with Crippen LogP contribution in [0.1, 0.15) is 26.2 Å². The maximum atomic E-state index is 6.03. The number of nitrogens with one attached hydrogen (secondary N) is 1. The number of rotatable bonds is 2. The smallest absolute Gasteiger partial charge is 0.0753 e. The van der Waals surface area contributed by atoms with E-state index in [1.165, 1.54) is 12.8 Å². The topological polar surface area (TPSA) is 30.5 Å². The van der Waals surface area contributed by atoms with Gasteiger partial charge < -0.3 is 14.8 Å². The summed E-state index contributed by atoms with van der Waals surface area (Å²) in [5.74, 6) is 0.616. The van der Waals surface area contributed by atoms with Crippen molar-refractivity contribution in [3.63, 3.8) is 0 Å². The van der Waals surface area contributed by atoms with Gasteiger partial charge in [-0.25, -0.2) is 0 Å². The van der Waals surface area contributed by atoms with Crippen molar-refractivity contribution in [2.75, 3.05) is 26.3 Å². The average molecular weight is 199 g/mol. The molecule has 3 heteroatoms. The van der Waals surface area contributed by atoms with Crippen molar-refractivity contribution < 1.29 is 9.47 Å². The second-order valence-electron chi connectivity index (χ2n) is 4.34. The Bertz CT molecular complexity index is 169. The summed E-state index contributed by atoms with van der Waals surface area (Å²) in [7, 11) is 0. The molecule has 0 aromatic heterocycles. The third kappa shape index (κ3) is 2.47. The van der Waals surface area contributed by atoms with Gasteiger partial charge in [0.1, 0.15) is 0 Å². The highest BCUT2D eigenvalue weighted by atomic mass is 16.5. The molecule has 0 saturated carbocycles. The van der Waals surface area contributed by atoms with E-state index < -0.39 is 0 Å². The first-order chi connectivity index (χ1) is 6.90. The molecule has 3 atom stereocenters. The Balaban J connectivity index is 1.83. The zero-order valence-corrected chi connectivity index (χ0v) is 9.00. The van der Waals surface area contributed by atoms with Gasteiger partial charge in [0.2, 0.25) is 0 Å². The lowest BCUT2D eigenvalue weighted by atomic mass is 9.94. The zero-order chi connectivity index (χ0) is 9.80. The van der Waals surface area contributed by atoms with E-state index in [2.05, 4.69) is 12.2 Å². The van der Waals surface area contributed by atoms with Crippen molar-refractivity contribution in [1.82, 2.24) is 5.32 Å². The Labute approximate surface area is 86.2 Å². The summed E-state index contributed by atoms with van der Waals surface area (Å²) in [5, 5.41) is 3.45. The second-order valence-corrected chi connectivity index (χ2v) is 4.34. The van der Waals surface area contributed by atoms with Gasteiger partial charge in [0.05, 0.1) is 18.8 Å². The Morgan fingerprint density at radius 3 is 3.00 bits per heavy atom. The predicted octanol–water partition coefficient (Wildman–Crippen LogP) is 1.18. The van der Waals surface area contributed by atoms with E-state index in [1.807, 2.05) is 0 Å². The fraction of sp³-hybridized carbons (Fsp3) is 1.00. The lowest BCUT2D eigenvalue weighted by Gasteiger charge is -2.36. The molecule has 0 amide bonds. The van der Waals surface area contributed by atoms with Gasteiger partial charge in [-0.15, -0.1) is 0 Å².